The molecule has 6 nitrogen and oxygen atoms in total. The predicted molar refractivity (Wildman–Crippen MR) is 156 cm³/mol. The van der Waals surface area contributed by atoms with Crippen molar-refractivity contribution >= 4 is 22.6 Å². The monoisotopic (exact) mass is 541 g/mol. The van der Waals surface area contributed by atoms with Gasteiger partial charge >= 0.3 is 0 Å². The van der Waals surface area contributed by atoms with E-state index >= 15 is 0 Å². The minimum absolute atomic E-state index is 0.122. The molecule has 0 atom stereocenters. The second-order valence-electron chi connectivity index (χ2n) is 10.7. The van der Waals surface area contributed by atoms with E-state index in [0.29, 0.717) is 21.7 Å². The third kappa shape index (κ3) is 4.81. The van der Waals surface area contributed by atoms with Crippen molar-refractivity contribution in [1.29, 1.82) is 0 Å². The smallest absolute Gasteiger partial charge is 0.147 e. The molecule has 0 unspecified atom stereocenters. The maximum absolute atomic E-state index is 11.8. The Labute approximate surface area is 233 Å². The molecule has 0 radical (unpaired) electrons. The van der Waals surface area contributed by atoms with Crippen molar-refractivity contribution < 1.29 is 14.6 Å². The lowest BCUT2D eigenvalue weighted by molar-refractivity contribution is 0.414. The summed E-state index contributed by atoms with van der Waals surface area (Å²) in [6.45, 7) is 8.54. The van der Waals surface area contributed by atoms with E-state index in [9.17, 15) is 5.11 Å². The number of aromatic nitrogens is 3. The Bertz CT molecular complexity index is 1640. The molecule has 1 N–H and O–H groups in total. The number of fused-ring (bicyclic) bond motifs is 1. The highest BCUT2D eigenvalue weighted by atomic mass is 35.5. The summed E-state index contributed by atoms with van der Waals surface area (Å²) in [7, 11) is 3.31. The third-order valence-corrected chi connectivity index (χ3v) is 7.90. The van der Waals surface area contributed by atoms with Crippen molar-refractivity contribution in [2.24, 2.45) is 0 Å². The standard InChI is InChI=1S/C32H32ClN3O3/c1-31(2,20-7-12-24(38-5)13-8-20)22-17-26(32(3,4)21-9-14-25(39-6)15-10-21)30(37)29(18-22)36-34-27-16-11-23(33)19-28(27)35-36/h7-19,37H,1-6H3. The van der Waals surface area contributed by atoms with Gasteiger partial charge in [-0.3, -0.25) is 0 Å². The van der Waals surface area contributed by atoms with E-state index in [-0.39, 0.29) is 5.75 Å². The second-order valence-corrected chi connectivity index (χ2v) is 11.2. The SMILES string of the molecule is COc1ccc(C(C)(C)c2cc(-n3nc4ccc(Cl)cc4n3)c(O)c(C(C)(C)c3ccc(OC)cc3)c2)cc1. The van der Waals surface area contributed by atoms with Crippen LogP contribution < -0.4 is 9.47 Å². The predicted octanol–water partition coefficient (Wildman–Crippen LogP) is 7.45. The molecule has 0 aliphatic rings. The molecule has 7 heteroatoms. The van der Waals surface area contributed by atoms with Gasteiger partial charge in [-0.15, -0.1) is 15.0 Å². The highest BCUT2D eigenvalue weighted by Crippen LogP contribution is 2.44. The molecule has 1 aromatic heterocycles. The molecule has 4 aromatic carbocycles. The fourth-order valence-corrected chi connectivity index (χ4v) is 5.11. The zero-order valence-electron chi connectivity index (χ0n) is 23.0. The van der Waals surface area contributed by atoms with E-state index in [0.717, 1.165) is 33.8 Å². The molecule has 0 saturated heterocycles. The highest BCUT2D eigenvalue weighted by Gasteiger charge is 2.33. The summed E-state index contributed by atoms with van der Waals surface area (Å²) in [5.74, 6) is 1.70. The number of phenolic OH excluding ortho intramolecular Hbond substituents is 1. The van der Waals surface area contributed by atoms with Crippen LogP contribution >= 0.6 is 11.6 Å². The maximum atomic E-state index is 11.8. The van der Waals surface area contributed by atoms with Crippen molar-refractivity contribution in [3.8, 4) is 22.9 Å². The lowest BCUT2D eigenvalue weighted by atomic mass is 9.72. The largest absolute Gasteiger partial charge is 0.505 e. The number of halogens is 1. The van der Waals surface area contributed by atoms with Crippen LogP contribution in [0, 0.1) is 0 Å². The molecule has 0 amide bonds. The number of phenols is 1. The average Bonchev–Trinajstić information content (AvgIpc) is 3.36. The van der Waals surface area contributed by atoms with Gasteiger partial charge in [-0.1, -0.05) is 69.6 Å². The summed E-state index contributed by atoms with van der Waals surface area (Å²) in [5, 5.41) is 21.7. The number of aromatic hydroxyl groups is 1. The Morgan fingerprint density at radius 2 is 1.21 bits per heavy atom. The number of nitrogens with zero attached hydrogens (tertiary/aromatic N) is 3. The molecule has 0 aliphatic carbocycles. The lowest BCUT2D eigenvalue weighted by Crippen LogP contribution is -2.24. The van der Waals surface area contributed by atoms with Gasteiger partial charge in [0.15, 0.2) is 0 Å². The minimum Gasteiger partial charge on any atom is -0.505 e. The van der Waals surface area contributed by atoms with Crippen molar-refractivity contribution in [3.05, 3.63) is 106 Å². The quantitative estimate of drug-likeness (QED) is 0.232. The number of benzene rings is 4. The van der Waals surface area contributed by atoms with Crippen LogP contribution in [-0.4, -0.2) is 34.3 Å². The Morgan fingerprint density at radius 1 is 0.667 bits per heavy atom. The van der Waals surface area contributed by atoms with Crippen LogP contribution in [-0.2, 0) is 10.8 Å². The summed E-state index contributed by atoms with van der Waals surface area (Å²) in [5.41, 5.74) is 4.80. The van der Waals surface area contributed by atoms with Crippen LogP contribution in [0.2, 0.25) is 5.02 Å². The van der Waals surface area contributed by atoms with E-state index in [4.69, 9.17) is 21.1 Å². The molecule has 0 saturated carbocycles. The van der Waals surface area contributed by atoms with Gasteiger partial charge in [0, 0.05) is 21.4 Å². The fourth-order valence-electron chi connectivity index (χ4n) is 4.94. The van der Waals surface area contributed by atoms with E-state index in [1.807, 2.05) is 48.5 Å². The fraction of sp³-hybridized carbons (Fsp3) is 0.250. The van der Waals surface area contributed by atoms with E-state index in [1.165, 1.54) is 4.80 Å². The van der Waals surface area contributed by atoms with Crippen LogP contribution in [0.1, 0.15) is 49.9 Å². The van der Waals surface area contributed by atoms with Crippen molar-refractivity contribution in [3.63, 3.8) is 0 Å². The number of ether oxygens (including phenoxy) is 2. The van der Waals surface area contributed by atoms with Gasteiger partial charge in [0.05, 0.1) is 14.2 Å². The lowest BCUT2D eigenvalue weighted by Gasteiger charge is -2.32. The van der Waals surface area contributed by atoms with Gasteiger partial charge in [-0.25, -0.2) is 0 Å². The molecule has 0 bridgehead atoms. The Kier molecular flexibility index (Phi) is 6.77. The first-order valence-corrected chi connectivity index (χ1v) is 13.1. The molecule has 0 spiro atoms. The van der Waals surface area contributed by atoms with Crippen LogP contribution in [0.3, 0.4) is 0 Å². The van der Waals surface area contributed by atoms with Crippen molar-refractivity contribution in [2.45, 2.75) is 38.5 Å². The molecular weight excluding hydrogens is 510 g/mol. The Hall–Kier alpha value is -4.03. The van der Waals surface area contributed by atoms with Gasteiger partial charge in [0.1, 0.15) is 34.0 Å². The van der Waals surface area contributed by atoms with Crippen molar-refractivity contribution in [1.82, 2.24) is 15.0 Å². The van der Waals surface area contributed by atoms with Gasteiger partial charge in [-0.2, -0.15) is 0 Å². The molecule has 1 heterocycles. The first kappa shape index (κ1) is 26.6. The number of hydrogen-bond acceptors (Lipinski definition) is 5. The van der Waals surface area contributed by atoms with Crippen LogP contribution in [0.5, 0.6) is 17.2 Å². The topological polar surface area (TPSA) is 69.4 Å². The van der Waals surface area contributed by atoms with E-state index in [1.54, 1.807) is 26.4 Å². The number of hydrogen-bond donors (Lipinski definition) is 1. The third-order valence-electron chi connectivity index (χ3n) is 7.67. The Morgan fingerprint density at radius 3 is 1.77 bits per heavy atom. The molecule has 200 valence electrons. The molecule has 0 aliphatic heterocycles. The van der Waals surface area contributed by atoms with Gasteiger partial charge in [0.2, 0.25) is 0 Å². The van der Waals surface area contributed by atoms with E-state index in [2.05, 4.69) is 56.1 Å². The zero-order chi connectivity index (χ0) is 27.9. The molecule has 0 fully saturated rings. The molecule has 5 rings (SSSR count). The van der Waals surface area contributed by atoms with Crippen molar-refractivity contribution in [2.75, 3.05) is 14.2 Å². The summed E-state index contributed by atoms with van der Waals surface area (Å²) in [6.07, 6.45) is 0. The van der Waals surface area contributed by atoms with E-state index < -0.39 is 10.8 Å². The van der Waals surface area contributed by atoms with Crippen LogP contribution in [0.4, 0.5) is 0 Å². The summed E-state index contributed by atoms with van der Waals surface area (Å²) < 4.78 is 10.7. The average molecular weight is 542 g/mol. The normalized spacial score (nSPS) is 12.1. The molecular formula is C32H32ClN3O3. The summed E-state index contributed by atoms with van der Waals surface area (Å²) >= 11 is 6.21. The summed E-state index contributed by atoms with van der Waals surface area (Å²) in [6, 6.07) is 25.4. The number of rotatable bonds is 7. The van der Waals surface area contributed by atoms with Gasteiger partial charge < -0.3 is 14.6 Å². The maximum Gasteiger partial charge on any atom is 0.147 e. The van der Waals surface area contributed by atoms with Gasteiger partial charge in [0.25, 0.3) is 0 Å². The first-order valence-electron chi connectivity index (χ1n) is 12.7. The van der Waals surface area contributed by atoms with Crippen LogP contribution in [0.25, 0.3) is 16.7 Å². The number of methoxy groups -OCH3 is 2. The second kappa shape index (κ2) is 9.93. The van der Waals surface area contributed by atoms with Crippen LogP contribution in [0.15, 0.2) is 78.9 Å². The van der Waals surface area contributed by atoms with Gasteiger partial charge in [-0.05, 0) is 65.2 Å². The Balaban J connectivity index is 1.73. The summed E-state index contributed by atoms with van der Waals surface area (Å²) in [4.78, 5) is 1.50. The molecule has 39 heavy (non-hydrogen) atoms. The molecule has 5 aromatic rings. The highest BCUT2D eigenvalue weighted by molar-refractivity contribution is 6.31. The zero-order valence-corrected chi connectivity index (χ0v) is 23.7. The minimum atomic E-state index is -0.549. The first-order chi connectivity index (χ1) is 18.5.